The lowest BCUT2D eigenvalue weighted by Crippen LogP contribution is -2.14. The Labute approximate surface area is 98.6 Å². The third-order valence-corrected chi connectivity index (χ3v) is 4.83. The Morgan fingerprint density at radius 2 is 2.08 bits per heavy atom. The number of halogens is 3. The van der Waals surface area contributed by atoms with Crippen LogP contribution in [-0.4, -0.2) is 12.6 Å². The third-order valence-electron chi connectivity index (χ3n) is 1.85. The van der Waals surface area contributed by atoms with E-state index in [0.29, 0.717) is 6.42 Å². The van der Waals surface area contributed by atoms with Crippen LogP contribution in [0.4, 0.5) is 4.39 Å². The Hall–Kier alpha value is 1.26. The van der Waals surface area contributed by atoms with Crippen LogP contribution in [0, 0.1) is 0 Å². The molecule has 0 radical (unpaired) electrons. The number of hydrogen-bond donors (Lipinski definition) is 0. The molecule has 0 aliphatic carbocycles. The topological polar surface area (TPSA) is 0 Å². The highest BCUT2D eigenvalue weighted by atomic mass is 127. The molecule has 0 aromatic rings. The van der Waals surface area contributed by atoms with Gasteiger partial charge in [-0.3, -0.25) is 0 Å². The molecule has 1 atom stereocenters. The van der Waals surface area contributed by atoms with Crippen molar-refractivity contribution < 1.29 is 4.39 Å². The predicted molar refractivity (Wildman–Crippen MR) is 72.6 cm³/mol. The van der Waals surface area contributed by atoms with Crippen LogP contribution in [0.5, 0.6) is 0 Å². The Bertz CT molecular complexity index is 128. The summed E-state index contributed by atoms with van der Waals surface area (Å²) in [6.07, 6.45) is 4.85. The largest absolute Gasteiger partial charge is 0.233 e. The first-order chi connectivity index (χ1) is 5.68. The van der Waals surface area contributed by atoms with Crippen molar-refractivity contribution in [3.63, 3.8) is 0 Å². The summed E-state index contributed by atoms with van der Waals surface area (Å²) in [6.45, 7) is 2.15. The quantitative estimate of drug-likeness (QED) is 0.338. The van der Waals surface area contributed by atoms with Gasteiger partial charge in [0.05, 0.1) is 0 Å². The molecule has 12 heavy (non-hydrogen) atoms. The molecule has 0 unspecified atom stereocenters. The standard InChI is InChI=1S/C9H17FI2/c1-3-4-5-6-9(10,12-2)7-8-11/h2-8H2,1H3/t9-/m1/s1. The van der Waals surface area contributed by atoms with E-state index in [9.17, 15) is 4.39 Å². The summed E-state index contributed by atoms with van der Waals surface area (Å²) >= 11 is 1.76. The van der Waals surface area contributed by atoms with E-state index in [0.717, 1.165) is 23.7 Å². The van der Waals surface area contributed by atoms with E-state index in [1.165, 1.54) is 6.42 Å². The van der Waals surface area contributed by atoms with E-state index in [4.69, 9.17) is 0 Å². The third kappa shape index (κ3) is 5.83. The second-order valence-electron chi connectivity index (χ2n) is 2.89. The van der Waals surface area contributed by atoms with Gasteiger partial charge in [0.1, 0.15) is 0 Å². The average Bonchev–Trinajstić information content (AvgIpc) is 2.06. The summed E-state index contributed by atoms with van der Waals surface area (Å²) in [5, 5.41) is 0. The predicted octanol–water partition coefficient (Wildman–Crippen LogP) is 4.46. The smallest absolute Gasteiger partial charge is 0.156 e. The van der Waals surface area contributed by atoms with Gasteiger partial charge in [-0.1, -0.05) is 67.6 Å². The molecular weight excluding hydrogens is 381 g/mol. The zero-order valence-corrected chi connectivity index (χ0v) is 11.9. The van der Waals surface area contributed by atoms with E-state index in [2.05, 4.69) is 34.0 Å². The molecule has 0 aliphatic heterocycles. The molecule has 0 heterocycles. The Kier molecular flexibility index (Phi) is 8.45. The molecule has 0 bridgehead atoms. The molecule has 0 saturated heterocycles. The summed E-state index contributed by atoms with van der Waals surface area (Å²) in [6, 6.07) is 0. The van der Waals surface area contributed by atoms with Crippen molar-refractivity contribution in [2.45, 2.75) is 42.7 Å². The molecule has 0 aromatic carbocycles. The van der Waals surface area contributed by atoms with E-state index in [-0.39, 0.29) is 0 Å². The van der Waals surface area contributed by atoms with Crippen molar-refractivity contribution in [3.8, 4) is 0 Å². The molecule has 0 rings (SSSR count). The first kappa shape index (κ1) is 13.3. The minimum atomic E-state index is -0.866. The maximum Gasteiger partial charge on any atom is 0.156 e. The van der Waals surface area contributed by atoms with Gasteiger partial charge >= 0.3 is 0 Å². The van der Waals surface area contributed by atoms with E-state index >= 15 is 0 Å². The molecule has 0 N–H and O–H groups in total. The second-order valence-corrected chi connectivity index (χ2v) is 6.66. The highest BCUT2D eigenvalue weighted by molar-refractivity contribution is 14.2. The van der Waals surface area contributed by atoms with Crippen molar-refractivity contribution in [3.05, 3.63) is 0 Å². The summed E-state index contributed by atoms with van der Waals surface area (Å²) in [5.41, 5.74) is 0. The number of unbranched alkanes of at least 4 members (excludes halogenated alkanes) is 2. The van der Waals surface area contributed by atoms with Crippen molar-refractivity contribution in [2.24, 2.45) is 0 Å². The molecule has 74 valence electrons. The van der Waals surface area contributed by atoms with Gasteiger partial charge < -0.3 is 0 Å². The summed E-state index contributed by atoms with van der Waals surface area (Å²) in [4.78, 5) is 0. The monoisotopic (exact) mass is 398 g/mol. The summed E-state index contributed by atoms with van der Waals surface area (Å²) in [7, 11) is 0. The molecule has 0 fully saturated rings. The maximum absolute atomic E-state index is 13.8. The van der Waals surface area contributed by atoms with Crippen LogP contribution in [0.1, 0.15) is 39.0 Å². The SMILES string of the molecule is C=I[C@@](F)(CCI)CCCCC. The fourth-order valence-corrected chi connectivity index (χ4v) is 4.33. The highest BCUT2D eigenvalue weighted by Gasteiger charge is 2.24. The van der Waals surface area contributed by atoms with Crippen LogP contribution in [0.15, 0.2) is 0 Å². The minimum Gasteiger partial charge on any atom is -0.233 e. The number of rotatable bonds is 7. The molecule has 0 spiro atoms. The van der Waals surface area contributed by atoms with Crippen molar-refractivity contribution in [2.75, 3.05) is 4.43 Å². The zero-order chi connectivity index (χ0) is 9.45. The maximum atomic E-state index is 13.8. The number of alkyl halides is 3. The van der Waals surface area contributed by atoms with Crippen molar-refractivity contribution in [1.29, 1.82) is 0 Å². The molecular formula is C9H17FI2. The van der Waals surface area contributed by atoms with Crippen molar-refractivity contribution in [1.82, 2.24) is 0 Å². The fraction of sp³-hybridized carbons (Fsp3) is 0.889. The fourth-order valence-electron chi connectivity index (χ4n) is 1.03. The van der Waals surface area contributed by atoms with Gasteiger partial charge in [0.2, 0.25) is 0 Å². The Morgan fingerprint density at radius 1 is 1.42 bits per heavy atom. The minimum absolute atomic E-state index is 0.488. The lowest BCUT2D eigenvalue weighted by atomic mass is 10.1. The van der Waals surface area contributed by atoms with Gasteiger partial charge in [-0.25, -0.2) is 4.39 Å². The van der Waals surface area contributed by atoms with Crippen molar-refractivity contribution >= 4 is 47.8 Å². The molecule has 3 heteroatoms. The normalized spacial score (nSPS) is 15.9. The Balaban J connectivity index is 3.71. The molecule has 0 amide bonds. The van der Waals surface area contributed by atoms with Crippen LogP contribution < -0.4 is 0 Å². The van der Waals surface area contributed by atoms with Crippen LogP contribution in [0.3, 0.4) is 0 Å². The summed E-state index contributed by atoms with van der Waals surface area (Å²) in [5.74, 6) is 0. The van der Waals surface area contributed by atoms with Crippen LogP contribution in [-0.2, 0) is 0 Å². The first-order valence-corrected chi connectivity index (χ1v) is 8.46. The van der Waals surface area contributed by atoms with Gasteiger partial charge in [0, 0.05) is 4.43 Å². The molecule has 0 aliphatic rings. The lowest BCUT2D eigenvalue weighted by molar-refractivity contribution is 0.279. The van der Waals surface area contributed by atoms with Crippen LogP contribution in [0.2, 0.25) is 0 Å². The Morgan fingerprint density at radius 3 is 2.50 bits per heavy atom. The molecule has 0 nitrogen and oxygen atoms in total. The van der Waals surface area contributed by atoms with Gasteiger partial charge in [0.25, 0.3) is 0 Å². The number of hydrogen-bond acceptors (Lipinski definition) is 0. The van der Waals surface area contributed by atoms with Crippen LogP contribution in [0.25, 0.3) is 0 Å². The molecule has 0 saturated carbocycles. The van der Waals surface area contributed by atoms with E-state index in [1.807, 2.05) is 0 Å². The van der Waals surface area contributed by atoms with Gasteiger partial charge in [0.15, 0.2) is 3.68 Å². The first-order valence-electron chi connectivity index (χ1n) is 4.33. The van der Waals surface area contributed by atoms with E-state index < -0.39 is 24.4 Å². The lowest BCUT2D eigenvalue weighted by Gasteiger charge is -2.18. The zero-order valence-electron chi connectivity index (χ0n) is 7.58. The van der Waals surface area contributed by atoms with Gasteiger partial charge in [-0.15, -0.1) is 0 Å². The summed E-state index contributed by atoms with van der Waals surface area (Å²) < 4.78 is 17.7. The highest BCUT2D eigenvalue weighted by Crippen LogP contribution is 2.35. The van der Waals surface area contributed by atoms with Gasteiger partial charge in [-0.05, 0) is 19.3 Å². The molecule has 0 aromatic heterocycles. The van der Waals surface area contributed by atoms with Gasteiger partial charge in [-0.2, -0.15) is 0 Å². The van der Waals surface area contributed by atoms with E-state index in [1.54, 1.807) is 0 Å². The average molecular weight is 398 g/mol. The van der Waals surface area contributed by atoms with Crippen LogP contribution >= 0.6 is 43.3 Å². The second kappa shape index (κ2) is 7.64.